The second-order valence-corrected chi connectivity index (χ2v) is 5.53. The maximum atomic E-state index is 11.2. The SMILES string of the molecule is O=Cc1cn(-c2ccc(Cl)cc2Cl)nc1C1CCOC1. The predicted molar refractivity (Wildman–Crippen MR) is 77.1 cm³/mol. The third kappa shape index (κ3) is 2.46. The number of carbonyl (C=O) groups excluding carboxylic acids is 1. The second kappa shape index (κ2) is 5.56. The van der Waals surface area contributed by atoms with Crippen LogP contribution in [0, 0.1) is 0 Å². The summed E-state index contributed by atoms with van der Waals surface area (Å²) in [5.74, 6) is 0.169. The van der Waals surface area contributed by atoms with E-state index < -0.39 is 0 Å². The lowest BCUT2D eigenvalue weighted by Crippen LogP contribution is -2.03. The molecule has 0 N–H and O–H groups in total. The Labute approximate surface area is 126 Å². The lowest BCUT2D eigenvalue weighted by Gasteiger charge is -2.06. The smallest absolute Gasteiger partial charge is 0.153 e. The minimum Gasteiger partial charge on any atom is -0.381 e. The average Bonchev–Trinajstić information content (AvgIpc) is 3.07. The molecule has 0 radical (unpaired) electrons. The van der Waals surface area contributed by atoms with Gasteiger partial charge in [0.15, 0.2) is 6.29 Å². The Balaban J connectivity index is 2.04. The number of ether oxygens (including phenoxy) is 1. The number of carbonyl (C=O) groups is 1. The first-order valence-electron chi connectivity index (χ1n) is 6.27. The highest BCUT2D eigenvalue weighted by atomic mass is 35.5. The molecule has 1 saturated heterocycles. The average molecular weight is 311 g/mol. The van der Waals surface area contributed by atoms with Gasteiger partial charge >= 0.3 is 0 Å². The van der Waals surface area contributed by atoms with Crippen molar-refractivity contribution in [2.75, 3.05) is 13.2 Å². The van der Waals surface area contributed by atoms with Gasteiger partial charge in [0, 0.05) is 23.7 Å². The molecule has 4 nitrogen and oxygen atoms in total. The molecule has 0 spiro atoms. The van der Waals surface area contributed by atoms with Crippen LogP contribution in [0.1, 0.15) is 28.4 Å². The fourth-order valence-corrected chi connectivity index (χ4v) is 2.84. The molecule has 1 fully saturated rings. The Bertz CT molecular complexity index is 649. The molecule has 0 aliphatic carbocycles. The maximum Gasteiger partial charge on any atom is 0.153 e. The molecule has 1 aromatic carbocycles. The van der Waals surface area contributed by atoms with E-state index in [9.17, 15) is 4.79 Å². The van der Waals surface area contributed by atoms with E-state index in [2.05, 4.69) is 5.10 Å². The topological polar surface area (TPSA) is 44.1 Å². The predicted octanol–water partition coefficient (Wildman–Crippen LogP) is 3.50. The number of rotatable bonds is 3. The summed E-state index contributed by atoms with van der Waals surface area (Å²) in [6.07, 6.45) is 3.39. The van der Waals surface area contributed by atoms with Crippen LogP contribution in [0.4, 0.5) is 0 Å². The van der Waals surface area contributed by atoms with Crippen LogP contribution in [0.15, 0.2) is 24.4 Å². The van der Waals surface area contributed by atoms with Crippen LogP contribution in [0.3, 0.4) is 0 Å². The van der Waals surface area contributed by atoms with E-state index in [1.165, 1.54) is 0 Å². The first kappa shape index (κ1) is 13.6. The van der Waals surface area contributed by atoms with Crippen molar-refractivity contribution in [1.82, 2.24) is 9.78 Å². The summed E-state index contributed by atoms with van der Waals surface area (Å²) in [4.78, 5) is 11.2. The van der Waals surface area contributed by atoms with E-state index in [1.807, 2.05) is 0 Å². The third-order valence-electron chi connectivity index (χ3n) is 3.37. The molecule has 0 amide bonds. The van der Waals surface area contributed by atoms with Gasteiger partial charge in [-0.15, -0.1) is 0 Å². The van der Waals surface area contributed by atoms with Gasteiger partial charge in [0.25, 0.3) is 0 Å². The Morgan fingerprint density at radius 1 is 1.40 bits per heavy atom. The highest BCUT2D eigenvalue weighted by Crippen LogP contribution is 2.29. The van der Waals surface area contributed by atoms with E-state index >= 15 is 0 Å². The number of aldehydes is 1. The summed E-state index contributed by atoms with van der Waals surface area (Å²) in [5, 5.41) is 5.56. The summed E-state index contributed by atoms with van der Waals surface area (Å²) >= 11 is 12.1. The largest absolute Gasteiger partial charge is 0.381 e. The normalized spacial score (nSPS) is 18.4. The molecular weight excluding hydrogens is 299 g/mol. The minimum absolute atomic E-state index is 0.169. The fourth-order valence-electron chi connectivity index (χ4n) is 2.35. The van der Waals surface area contributed by atoms with E-state index in [0.29, 0.717) is 34.5 Å². The monoisotopic (exact) mass is 310 g/mol. The van der Waals surface area contributed by atoms with Gasteiger partial charge in [-0.05, 0) is 24.6 Å². The number of hydrogen-bond donors (Lipinski definition) is 0. The lowest BCUT2D eigenvalue weighted by molar-refractivity contribution is 0.112. The molecule has 2 heterocycles. The maximum absolute atomic E-state index is 11.2. The minimum atomic E-state index is 0.169. The van der Waals surface area contributed by atoms with Crippen LogP contribution >= 0.6 is 23.2 Å². The summed E-state index contributed by atoms with van der Waals surface area (Å²) < 4.78 is 6.98. The van der Waals surface area contributed by atoms with Crippen molar-refractivity contribution in [3.05, 3.63) is 45.7 Å². The van der Waals surface area contributed by atoms with E-state index in [0.717, 1.165) is 18.4 Å². The van der Waals surface area contributed by atoms with Gasteiger partial charge in [-0.25, -0.2) is 4.68 Å². The Morgan fingerprint density at radius 2 is 2.25 bits per heavy atom. The van der Waals surface area contributed by atoms with Gasteiger partial charge in [0.05, 0.1) is 28.6 Å². The Kier molecular flexibility index (Phi) is 3.78. The highest BCUT2D eigenvalue weighted by Gasteiger charge is 2.24. The van der Waals surface area contributed by atoms with Gasteiger partial charge in [-0.1, -0.05) is 23.2 Å². The standard InChI is InChI=1S/C14H12Cl2N2O2/c15-11-1-2-13(12(16)5-11)18-6-10(7-19)14(17-18)9-3-4-20-8-9/h1-2,5-7,9H,3-4,8H2. The molecule has 1 aromatic heterocycles. The van der Waals surface area contributed by atoms with Crippen LogP contribution in [0.5, 0.6) is 0 Å². The first-order chi connectivity index (χ1) is 9.69. The van der Waals surface area contributed by atoms with Crippen LogP contribution < -0.4 is 0 Å². The molecule has 1 atom stereocenters. The summed E-state index contributed by atoms with van der Waals surface area (Å²) in [5.41, 5.74) is 2.04. The van der Waals surface area contributed by atoms with Crippen molar-refractivity contribution in [2.45, 2.75) is 12.3 Å². The van der Waals surface area contributed by atoms with Crippen molar-refractivity contribution < 1.29 is 9.53 Å². The zero-order chi connectivity index (χ0) is 14.1. The van der Waals surface area contributed by atoms with Crippen molar-refractivity contribution in [3.8, 4) is 5.69 Å². The molecule has 20 heavy (non-hydrogen) atoms. The molecule has 6 heteroatoms. The summed E-state index contributed by atoms with van der Waals surface area (Å²) in [6.45, 7) is 1.31. The lowest BCUT2D eigenvalue weighted by atomic mass is 10.0. The third-order valence-corrected chi connectivity index (χ3v) is 3.91. The molecule has 104 valence electrons. The molecule has 1 unspecified atom stereocenters. The first-order valence-corrected chi connectivity index (χ1v) is 7.02. The number of halogens is 2. The Hall–Kier alpha value is -1.36. The molecule has 0 bridgehead atoms. The van der Waals surface area contributed by atoms with Crippen molar-refractivity contribution in [3.63, 3.8) is 0 Å². The van der Waals surface area contributed by atoms with Crippen molar-refractivity contribution in [2.24, 2.45) is 0 Å². The van der Waals surface area contributed by atoms with Crippen LogP contribution in [0.2, 0.25) is 10.0 Å². The molecule has 3 rings (SSSR count). The van der Waals surface area contributed by atoms with Crippen LogP contribution in [-0.2, 0) is 4.74 Å². The van der Waals surface area contributed by atoms with Gasteiger partial charge in [0.2, 0.25) is 0 Å². The summed E-state index contributed by atoms with van der Waals surface area (Å²) in [7, 11) is 0. The van der Waals surface area contributed by atoms with Crippen LogP contribution in [-0.4, -0.2) is 29.3 Å². The highest BCUT2D eigenvalue weighted by molar-refractivity contribution is 6.35. The van der Waals surface area contributed by atoms with E-state index in [4.69, 9.17) is 27.9 Å². The number of benzene rings is 1. The van der Waals surface area contributed by atoms with Gasteiger partial charge in [-0.3, -0.25) is 4.79 Å². The molecular formula is C14H12Cl2N2O2. The van der Waals surface area contributed by atoms with Gasteiger partial charge in [-0.2, -0.15) is 5.10 Å². The molecule has 1 aliphatic heterocycles. The Morgan fingerprint density at radius 3 is 2.90 bits per heavy atom. The zero-order valence-electron chi connectivity index (χ0n) is 10.6. The molecule has 2 aromatic rings. The zero-order valence-corrected chi connectivity index (χ0v) is 12.1. The molecule has 0 saturated carbocycles. The number of hydrogen-bond acceptors (Lipinski definition) is 3. The van der Waals surface area contributed by atoms with E-state index in [-0.39, 0.29) is 5.92 Å². The van der Waals surface area contributed by atoms with Gasteiger partial charge < -0.3 is 4.74 Å². The quantitative estimate of drug-likeness (QED) is 0.815. The number of nitrogens with zero attached hydrogens (tertiary/aromatic N) is 2. The number of aromatic nitrogens is 2. The van der Waals surface area contributed by atoms with Crippen LogP contribution in [0.25, 0.3) is 5.69 Å². The van der Waals surface area contributed by atoms with Crippen molar-refractivity contribution in [1.29, 1.82) is 0 Å². The summed E-state index contributed by atoms with van der Waals surface area (Å²) in [6, 6.07) is 5.17. The van der Waals surface area contributed by atoms with E-state index in [1.54, 1.807) is 29.1 Å². The van der Waals surface area contributed by atoms with Crippen molar-refractivity contribution >= 4 is 29.5 Å². The fraction of sp³-hybridized carbons (Fsp3) is 0.286. The van der Waals surface area contributed by atoms with Gasteiger partial charge in [0.1, 0.15) is 0 Å². The second-order valence-electron chi connectivity index (χ2n) is 4.69. The molecule has 1 aliphatic rings.